The molecule has 1 saturated carbocycles. The van der Waals surface area contributed by atoms with Gasteiger partial charge >= 0.3 is 5.97 Å². The Morgan fingerprint density at radius 2 is 1.74 bits per heavy atom. The Kier molecular flexibility index (Phi) is 9.18. The lowest BCUT2D eigenvalue weighted by atomic mass is 9.62. The molecule has 50 heavy (non-hydrogen) atoms. The summed E-state index contributed by atoms with van der Waals surface area (Å²) in [5.41, 5.74) is 6.65. The second-order valence-corrected chi connectivity index (χ2v) is 13.9. The zero-order chi connectivity index (χ0) is 35.1. The number of carbonyl (C=O) groups is 2. The zero-order valence-electron chi connectivity index (χ0n) is 28.5. The monoisotopic (exact) mass is 677 g/mol. The molecule has 0 unspecified atom stereocenters. The fourth-order valence-corrected chi connectivity index (χ4v) is 8.54. The van der Waals surface area contributed by atoms with Gasteiger partial charge in [0.05, 0.1) is 20.3 Å². The van der Waals surface area contributed by atoms with Crippen LogP contribution in [-0.4, -0.2) is 58.5 Å². The van der Waals surface area contributed by atoms with Gasteiger partial charge < -0.3 is 34.5 Å². The van der Waals surface area contributed by atoms with Crippen molar-refractivity contribution in [2.24, 2.45) is 17.8 Å². The van der Waals surface area contributed by atoms with Crippen molar-refractivity contribution < 1.29 is 39.1 Å². The van der Waals surface area contributed by atoms with Gasteiger partial charge in [0.15, 0.2) is 23.0 Å². The van der Waals surface area contributed by atoms with Crippen LogP contribution < -0.4 is 9.47 Å². The second-order valence-electron chi connectivity index (χ2n) is 13.9. The minimum absolute atomic E-state index is 0.0250. The predicted molar refractivity (Wildman–Crippen MR) is 189 cm³/mol. The van der Waals surface area contributed by atoms with Gasteiger partial charge in [0.1, 0.15) is 11.9 Å². The number of ether oxygens (including phenoxy) is 3. The molecule has 7 rings (SSSR count). The number of fused-ring (bicyclic) bond motifs is 3. The molecule has 4 aromatic rings. The number of ketones is 1. The first kappa shape index (κ1) is 33.5. The van der Waals surface area contributed by atoms with Crippen LogP contribution in [0.25, 0.3) is 16.5 Å². The van der Waals surface area contributed by atoms with Crippen LogP contribution in [0.15, 0.2) is 78.4 Å². The zero-order valence-corrected chi connectivity index (χ0v) is 28.5. The Morgan fingerprint density at radius 3 is 2.50 bits per heavy atom. The molecule has 1 fully saturated rings. The smallest absolute Gasteiger partial charge is 0.303 e. The van der Waals surface area contributed by atoms with Crippen LogP contribution in [0.2, 0.25) is 0 Å². The number of aromatic hydroxyl groups is 2. The van der Waals surface area contributed by atoms with E-state index < -0.39 is 18.2 Å². The number of allylic oxidation sites excluding steroid dienone is 3. The highest BCUT2D eigenvalue weighted by atomic mass is 16.6. The van der Waals surface area contributed by atoms with Gasteiger partial charge in [-0.15, -0.1) is 0 Å². The van der Waals surface area contributed by atoms with Crippen molar-refractivity contribution in [2.45, 2.75) is 63.6 Å². The highest BCUT2D eigenvalue weighted by Gasteiger charge is 2.44. The molecule has 4 N–H and O–H groups in total. The molecule has 3 aromatic carbocycles. The molecule has 0 radical (unpaired) electrons. The van der Waals surface area contributed by atoms with E-state index in [-0.39, 0.29) is 60.0 Å². The summed E-state index contributed by atoms with van der Waals surface area (Å²) in [7, 11) is 2.97. The summed E-state index contributed by atoms with van der Waals surface area (Å²) in [4.78, 5) is 30.0. The summed E-state index contributed by atoms with van der Waals surface area (Å²) >= 11 is 0. The number of methoxy groups -OCH3 is 2. The first-order chi connectivity index (χ1) is 24.1. The molecular weight excluding hydrogens is 634 g/mol. The van der Waals surface area contributed by atoms with Crippen molar-refractivity contribution in [3.63, 3.8) is 0 Å². The van der Waals surface area contributed by atoms with E-state index in [0.717, 1.165) is 52.6 Å². The molecule has 3 aliphatic rings. The predicted octanol–water partition coefficient (Wildman–Crippen LogP) is 6.98. The van der Waals surface area contributed by atoms with Crippen LogP contribution >= 0.6 is 0 Å². The van der Waals surface area contributed by atoms with E-state index >= 15 is 0 Å². The van der Waals surface area contributed by atoms with Gasteiger partial charge in [0, 0.05) is 48.4 Å². The van der Waals surface area contributed by atoms with Gasteiger partial charge in [-0.05, 0) is 102 Å². The molecule has 0 spiro atoms. The quantitative estimate of drug-likeness (QED) is 0.125. The maximum Gasteiger partial charge on any atom is 0.303 e. The van der Waals surface area contributed by atoms with Gasteiger partial charge in [0.2, 0.25) is 0 Å². The summed E-state index contributed by atoms with van der Waals surface area (Å²) in [6.45, 7) is 1.27. The summed E-state index contributed by atoms with van der Waals surface area (Å²) in [5.74, 6) is 0.466. The van der Waals surface area contributed by atoms with Crippen LogP contribution in [0.5, 0.6) is 23.0 Å². The number of esters is 1. The Morgan fingerprint density at radius 1 is 0.960 bits per heavy atom. The van der Waals surface area contributed by atoms with Crippen molar-refractivity contribution in [1.82, 2.24) is 4.98 Å². The number of aromatic amines is 1. The van der Waals surface area contributed by atoms with E-state index in [4.69, 9.17) is 14.2 Å². The van der Waals surface area contributed by atoms with Crippen molar-refractivity contribution in [2.75, 3.05) is 14.2 Å². The number of nitrogens with one attached hydrogen (secondary N) is 1. The molecule has 0 saturated heterocycles. The van der Waals surface area contributed by atoms with Crippen LogP contribution in [-0.2, 0) is 20.7 Å². The molecule has 1 aromatic heterocycles. The normalized spacial score (nSPS) is 22.0. The van der Waals surface area contributed by atoms with E-state index in [0.29, 0.717) is 17.2 Å². The summed E-state index contributed by atoms with van der Waals surface area (Å²) in [6.07, 6.45) is 5.36. The van der Waals surface area contributed by atoms with Crippen LogP contribution in [0.3, 0.4) is 0 Å². The lowest BCUT2D eigenvalue weighted by molar-refractivity contribution is -0.154. The third-order valence-corrected chi connectivity index (χ3v) is 10.8. The topological polar surface area (TPSA) is 138 Å². The number of H-pyrrole nitrogens is 1. The number of Topliss-reactive ketones (excluding diaryl/α,β-unsaturated/α-hetero) is 1. The van der Waals surface area contributed by atoms with E-state index in [2.05, 4.69) is 35.3 Å². The lowest BCUT2D eigenvalue weighted by Crippen LogP contribution is -2.36. The molecule has 9 heteroatoms. The number of hydrogen-bond acceptors (Lipinski definition) is 8. The number of hydrogen-bond donors (Lipinski definition) is 4. The first-order valence-corrected chi connectivity index (χ1v) is 17.3. The highest BCUT2D eigenvalue weighted by molar-refractivity contribution is 5.93. The maximum absolute atomic E-state index is 14.2. The van der Waals surface area contributed by atoms with Gasteiger partial charge in [-0.3, -0.25) is 9.59 Å². The number of aliphatic hydroxyl groups excluding tert-OH is 1. The average molecular weight is 678 g/mol. The number of phenolic OH excluding ortho intramolecular Hbond substituents is 2. The minimum atomic E-state index is -1.17. The fraction of sp³-hybridized carbons (Fsp3) is 0.366. The highest BCUT2D eigenvalue weighted by Crippen LogP contribution is 2.56. The maximum atomic E-state index is 14.2. The van der Waals surface area contributed by atoms with Gasteiger partial charge in [-0.25, -0.2) is 0 Å². The second kappa shape index (κ2) is 13.7. The molecular formula is C41H43NO8. The largest absolute Gasteiger partial charge is 0.504 e. The first-order valence-electron chi connectivity index (χ1n) is 17.3. The van der Waals surface area contributed by atoms with Crippen LogP contribution in [0, 0.1) is 17.8 Å². The SMILES string of the molecule is COc1cc(C[C@H](O)[C@H](CC(=O)C[C@H]2c3cc(OC)c(O)cc3C(c3cc4ccccc4[nH]3)=C3C=C[C@H]4CC[C@@H]2[C@@H]3C4)OC(C)=O)ccc1O. The third kappa shape index (κ3) is 6.38. The fourth-order valence-electron chi connectivity index (χ4n) is 8.54. The number of phenols is 2. The molecule has 6 atom stereocenters. The van der Waals surface area contributed by atoms with E-state index in [1.54, 1.807) is 18.2 Å². The number of rotatable bonds is 11. The van der Waals surface area contributed by atoms with Gasteiger partial charge in [-0.2, -0.15) is 0 Å². The average Bonchev–Trinajstić information content (AvgIpc) is 3.48. The van der Waals surface area contributed by atoms with Crippen LogP contribution in [0.4, 0.5) is 0 Å². The number of aromatic nitrogens is 1. The number of aliphatic hydroxyl groups is 1. The van der Waals surface area contributed by atoms with Crippen LogP contribution in [0.1, 0.15) is 67.3 Å². The molecule has 2 bridgehead atoms. The Hall–Kier alpha value is -5.02. The Bertz CT molecular complexity index is 1970. The lowest BCUT2D eigenvalue weighted by Gasteiger charge is -2.42. The van der Waals surface area contributed by atoms with Crippen molar-refractivity contribution in [3.05, 3.63) is 101 Å². The molecule has 260 valence electrons. The minimum Gasteiger partial charge on any atom is -0.504 e. The van der Waals surface area contributed by atoms with Gasteiger partial charge in [-0.1, -0.05) is 36.4 Å². The molecule has 0 aliphatic heterocycles. The molecule has 3 aliphatic carbocycles. The number of carbonyl (C=O) groups excluding carboxylic acids is 2. The molecule has 0 amide bonds. The van der Waals surface area contributed by atoms with Crippen molar-refractivity contribution >= 4 is 28.2 Å². The number of benzene rings is 3. The summed E-state index contributed by atoms with van der Waals surface area (Å²) in [5, 5.41) is 33.5. The molecule has 1 heterocycles. The summed E-state index contributed by atoms with van der Waals surface area (Å²) < 4.78 is 16.4. The van der Waals surface area contributed by atoms with Gasteiger partial charge in [0.25, 0.3) is 0 Å². The Labute approximate surface area is 291 Å². The Balaban J connectivity index is 1.26. The van der Waals surface area contributed by atoms with E-state index in [1.807, 2.05) is 18.2 Å². The molecule has 9 nitrogen and oxygen atoms in total. The number of para-hydroxylation sites is 1. The van der Waals surface area contributed by atoms with E-state index in [9.17, 15) is 24.9 Å². The van der Waals surface area contributed by atoms with Crippen molar-refractivity contribution in [1.29, 1.82) is 0 Å². The van der Waals surface area contributed by atoms with E-state index in [1.165, 1.54) is 32.8 Å². The van der Waals surface area contributed by atoms with Crippen molar-refractivity contribution in [3.8, 4) is 23.0 Å². The third-order valence-electron chi connectivity index (χ3n) is 10.8. The standard InChI is InChI=1S/C41H43NO8/c1-22(43)50-40(36(46)15-24-10-13-35(45)38(16-24)48-2)19-26(44)18-30-27-11-8-23-9-12-28(29(27)14-23)41(32-20-37(47)39(49-3)21-31(30)32)34-17-25-6-4-5-7-33(25)42-34/h4-7,9-10,12-13,16-17,20-21,23,27,29-30,36,40,42,45-47H,8,11,14-15,18-19H2,1-3H3/t23-,27-,29+,30-,36+,40+/m1/s1. The summed E-state index contributed by atoms with van der Waals surface area (Å²) in [6, 6.07) is 18.7.